The summed E-state index contributed by atoms with van der Waals surface area (Å²) in [6, 6.07) is 9.34. The number of benzene rings is 2. The summed E-state index contributed by atoms with van der Waals surface area (Å²) in [5.41, 5.74) is 2.20. The number of rotatable bonds is 6. The number of urea groups is 1. The van der Waals surface area contributed by atoms with Gasteiger partial charge in [-0.05, 0) is 81.5 Å². The lowest BCUT2D eigenvalue weighted by Gasteiger charge is -2.39. The number of cyclic esters (lactones) is 1. The molecule has 7 amide bonds. The van der Waals surface area contributed by atoms with E-state index in [-0.39, 0.29) is 31.3 Å². The highest BCUT2D eigenvalue weighted by atomic mass is 16.5. The summed E-state index contributed by atoms with van der Waals surface area (Å²) < 4.78 is 5.75. The van der Waals surface area contributed by atoms with Crippen molar-refractivity contribution in [2.45, 2.75) is 102 Å². The molecule has 7 atom stereocenters. The fourth-order valence-corrected chi connectivity index (χ4v) is 8.10. The molecule has 4 fully saturated rings. The van der Waals surface area contributed by atoms with Gasteiger partial charge in [0.15, 0.2) is 0 Å². The van der Waals surface area contributed by atoms with Crippen molar-refractivity contribution in [1.82, 2.24) is 30.7 Å². The van der Waals surface area contributed by atoms with Crippen LogP contribution in [0.25, 0.3) is 0 Å². The van der Waals surface area contributed by atoms with E-state index in [9.17, 15) is 33.6 Å². The molecule has 0 spiro atoms. The van der Waals surface area contributed by atoms with Gasteiger partial charge >= 0.3 is 12.0 Å². The van der Waals surface area contributed by atoms with Crippen molar-refractivity contribution in [3.63, 3.8) is 0 Å². The van der Waals surface area contributed by atoms with Crippen LogP contribution < -0.4 is 21.3 Å². The van der Waals surface area contributed by atoms with Crippen molar-refractivity contribution >= 4 is 47.2 Å². The molecule has 4 aliphatic heterocycles. The lowest BCUT2D eigenvalue weighted by Crippen LogP contribution is -2.62. The number of ether oxygens (including phenoxy) is 1. The number of nitrogens with zero attached hydrogens (tertiary/aromatic N) is 3. The molecule has 294 valence electrons. The molecule has 4 saturated heterocycles. The van der Waals surface area contributed by atoms with Gasteiger partial charge in [0.05, 0.1) is 0 Å². The first-order valence-electron chi connectivity index (χ1n) is 19.3. The molecule has 0 unspecified atom stereocenters. The van der Waals surface area contributed by atoms with Crippen LogP contribution in [0.15, 0.2) is 54.6 Å². The minimum atomic E-state index is -1.43. The van der Waals surface area contributed by atoms with Crippen LogP contribution in [0.5, 0.6) is 0 Å². The van der Waals surface area contributed by atoms with Crippen LogP contribution in [0.1, 0.15) is 63.5 Å². The number of anilines is 1. The van der Waals surface area contributed by atoms with Crippen LogP contribution in [0.3, 0.4) is 0 Å². The summed E-state index contributed by atoms with van der Waals surface area (Å²) in [7, 11) is 0. The molecule has 15 nitrogen and oxygen atoms in total. The van der Waals surface area contributed by atoms with Crippen LogP contribution in [-0.2, 0) is 39.9 Å². The number of carbonyl (C=O) groups excluding carboxylic acids is 7. The number of aryl methyl sites for hydroxylation is 1. The summed E-state index contributed by atoms with van der Waals surface area (Å²) in [4.78, 5) is 102. The molecule has 4 N–H and O–H groups in total. The number of piperidine rings is 1. The summed E-state index contributed by atoms with van der Waals surface area (Å²) in [6.45, 7) is 5.58. The van der Waals surface area contributed by atoms with Crippen LogP contribution in [0.2, 0.25) is 0 Å². The number of hydrogen-bond acceptors (Lipinski definition) is 8. The second-order valence-electron chi connectivity index (χ2n) is 15.2. The zero-order valence-corrected chi connectivity index (χ0v) is 31.6. The second kappa shape index (κ2) is 17.3. The summed E-state index contributed by atoms with van der Waals surface area (Å²) >= 11 is 0. The smallest absolute Gasteiger partial charge is 0.328 e. The quantitative estimate of drug-likeness (QED) is 0.322. The number of hydrogen-bond donors (Lipinski definition) is 4. The molecule has 0 aliphatic carbocycles. The Hall–Kier alpha value is -5.47. The van der Waals surface area contributed by atoms with Crippen molar-refractivity contribution in [3.05, 3.63) is 65.7 Å². The predicted molar refractivity (Wildman–Crippen MR) is 201 cm³/mol. The fourth-order valence-electron chi connectivity index (χ4n) is 8.10. The van der Waals surface area contributed by atoms with E-state index in [2.05, 4.69) is 21.3 Å². The first-order valence-corrected chi connectivity index (χ1v) is 19.3. The molecule has 4 heterocycles. The average Bonchev–Trinajstić information content (AvgIpc) is 3.82. The van der Waals surface area contributed by atoms with Gasteiger partial charge in [-0.25, -0.2) is 9.59 Å². The Bertz CT molecular complexity index is 1790. The van der Waals surface area contributed by atoms with Crippen LogP contribution in [-0.4, -0.2) is 119 Å². The summed E-state index contributed by atoms with van der Waals surface area (Å²) in [6.07, 6.45) is 3.04. The van der Waals surface area contributed by atoms with Gasteiger partial charge in [0, 0.05) is 31.7 Å². The fraction of sp³-hybridized carbons (Fsp3) is 0.525. The lowest BCUT2D eigenvalue weighted by atomic mass is 9.99. The molecule has 2 aromatic carbocycles. The van der Waals surface area contributed by atoms with Gasteiger partial charge in [-0.3, -0.25) is 24.0 Å². The molecule has 0 radical (unpaired) electrons. The van der Waals surface area contributed by atoms with Gasteiger partial charge < -0.3 is 40.7 Å². The number of amides is 7. The van der Waals surface area contributed by atoms with Crippen molar-refractivity contribution in [1.29, 1.82) is 0 Å². The molecule has 0 saturated carbocycles. The van der Waals surface area contributed by atoms with E-state index in [0.717, 1.165) is 11.1 Å². The van der Waals surface area contributed by atoms with E-state index in [4.69, 9.17) is 4.74 Å². The summed E-state index contributed by atoms with van der Waals surface area (Å²) in [5.74, 6) is -3.44. The Balaban J connectivity index is 1.30. The maximum absolute atomic E-state index is 14.5. The third kappa shape index (κ3) is 9.26. The van der Waals surface area contributed by atoms with Crippen molar-refractivity contribution in [2.24, 2.45) is 5.92 Å². The van der Waals surface area contributed by atoms with Gasteiger partial charge in [0.1, 0.15) is 42.9 Å². The number of esters is 1. The molecule has 2 aromatic rings. The largest absolute Gasteiger partial charge is 0.461 e. The van der Waals surface area contributed by atoms with Crippen molar-refractivity contribution in [3.8, 4) is 0 Å². The molecule has 0 bridgehead atoms. The lowest BCUT2D eigenvalue weighted by molar-refractivity contribution is -0.158. The Morgan fingerprint density at radius 1 is 0.836 bits per heavy atom. The van der Waals surface area contributed by atoms with Crippen LogP contribution in [0.4, 0.5) is 10.5 Å². The molecule has 4 aliphatic rings. The van der Waals surface area contributed by atoms with Crippen molar-refractivity contribution < 1.29 is 38.3 Å². The van der Waals surface area contributed by atoms with E-state index in [1.807, 2.05) is 50.2 Å². The maximum atomic E-state index is 14.5. The monoisotopic (exact) mass is 757 g/mol. The Morgan fingerprint density at radius 2 is 1.56 bits per heavy atom. The van der Waals surface area contributed by atoms with Gasteiger partial charge in [-0.1, -0.05) is 49.4 Å². The average molecular weight is 758 g/mol. The number of carbonyl (C=O) groups is 7. The van der Waals surface area contributed by atoms with Crippen LogP contribution >= 0.6 is 0 Å². The predicted octanol–water partition coefficient (Wildman–Crippen LogP) is 1.88. The molecule has 6 rings (SSSR count). The summed E-state index contributed by atoms with van der Waals surface area (Å²) in [5, 5.41) is 11.0. The maximum Gasteiger partial charge on any atom is 0.328 e. The third-order valence-corrected chi connectivity index (χ3v) is 10.9. The van der Waals surface area contributed by atoms with Crippen molar-refractivity contribution in [2.75, 3.05) is 31.6 Å². The molecule has 15 heteroatoms. The molecule has 55 heavy (non-hydrogen) atoms. The van der Waals surface area contributed by atoms with Gasteiger partial charge in [-0.2, -0.15) is 0 Å². The van der Waals surface area contributed by atoms with Gasteiger partial charge in [0.2, 0.25) is 29.5 Å². The minimum Gasteiger partial charge on any atom is -0.461 e. The van der Waals surface area contributed by atoms with Gasteiger partial charge in [0.25, 0.3) is 0 Å². The highest BCUT2D eigenvalue weighted by Gasteiger charge is 2.46. The zero-order chi connectivity index (χ0) is 39.2. The number of nitrogens with one attached hydrogen (secondary N) is 4. The SMILES string of the molecule is Cc1cccc(NC(=O)N[C@@H](Cc2ccccc2)C(=O)N[C@H]2COC(=O)[C@@H]3C[C@@H](C)CN3C(=O)[C@H](C)NC(=O)[C@@H]3CCCCN3C(=O)[C@@H]3CCCN3C2=O)c1. The van der Waals surface area contributed by atoms with Crippen LogP contribution in [0, 0.1) is 12.8 Å². The highest BCUT2D eigenvalue weighted by molar-refractivity contribution is 5.98. The molecular formula is C40H51N7O8. The van der Waals surface area contributed by atoms with E-state index < -0.39 is 78.5 Å². The highest BCUT2D eigenvalue weighted by Crippen LogP contribution is 2.28. The van der Waals surface area contributed by atoms with E-state index in [0.29, 0.717) is 50.8 Å². The van der Waals surface area contributed by atoms with E-state index >= 15 is 0 Å². The molecule has 0 aromatic heterocycles. The third-order valence-electron chi connectivity index (χ3n) is 10.9. The molecular weight excluding hydrogens is 706 g/mol. The van der Waals surface area contributed by atoms with E-state index in [1.165, 1.54) is 14.7 Å². The minimum absolute atomic E-state index is 0.0452. The topological polar surface area (TPSA) is 187 Å². The Kier molecular flexibility index (Phi) is 12.4. The number of fused-ring (bicyclic) bond motifs is 3. The van der Waals surface area contributed by atoms with Gasteiger partial charge in [-0.15, -0.1) is 0 Å². The second-order valence-corrected chi connectivity index (χ2v) is 15.2. The zero-order valence-electron chi connectivity index (χ0n) is 31.6. The first-order chi connectivity index (χ1) is 26.4. The standard InChI is InChI=1S/C40H51N7O8/c1-24-11-9-14-28(19-24)42-40(54)44-29(21-27-12-5-4-6-13-27)34(48)43-30-23-55-39(53)33-20-25(2)22-47(33)36(50)26(3)41-35(49)31-15-7-8-17-45(31)38(52)32-16-10-18-46(32)37(30)51/h4-6,9,11-14,19,25-26,29-33H,7-8,10,15-18,20-23H2,1-3H3,(H,41,49)(H,43,48)(H2,42,44,54)/t25-,26+,29+,30+,31+,32+,33+/m1/s1. The Morgan fingerprint density at radius 3 is 2.33 bits per heavy atom. The first kappa shape index (κ1) is 39.2. The Labute approximate surface area is 320 Å². The van der Waals surface area contributed by atoms with E-state index in [1.54, 1.807) is 25.1 Å². The normalized spacial score (nSPS) is 27.0.